The molecule has 2 amide bonds. The van der Waals surface area contributed by atoms with Gasteiger partial charge in [0.15, 0.2) is 17.2 Å². The van der Waals surface area contributed by atoms with Crippen molar-refractivity contribution in [3.05, 3.63) is 77.2 Å². The molecule has 1 aliphatic carbocycles. The van der Waals surface area contributed by atoms with Gasteiger partial charge in [-0.25, -0.2) is 13.2 Å². The first-order chi connectivity index (χ1) is 22.3. The molecular weight excluding hydrogens is 618 g/mol. The molecule has 47 heavy (non-hydrogen) atoms. The van der Waals surface area contributed by atoms with E-state index >= 15 is 0 Å². The number of amides is 2. The number of benzene rings is 2. The average Bonchev–Trinajstić information content (AvgIpc) is 3.62. The minimum atomic E-state index is -3.60. The largest absolute Gasteiger partial charge is 0.492 e. The predicted octanol–water partition coefficient (Wildman–Crippen LogP) is 5.95. The highest BCUT2D eigenvalue weighted by Gasteiger charge is 2.31. The van der Waals surface area contributed by atoms with E-state index in [0.29, 0.717) is 18.5 Å². The second kappa shape index (κ2) is 12.7. The molecule has 2 aromatic carbocycles. The molecule has 250 valence electrons. The van der Waals surface area contributed by atoms with Gasteiger partial charge in [-0.3, -0.25) is 14.0 Å². The molecule has 2 aromatic heterocycles. The molecule has 1 unspecified atom stereocenters. The SMILES string of the molecule is COc1c(NC(=O)N[C@H]2CC[C@@H](Oc3ccc4nnc(C5CCCN5C)n4c3)c3ccccc32)cc(C(C)(C)C)cc1NS(C)(=O)=O. The van der Waals surface area contributed by atoms with Crippen LogP contribution in [0, 0.1) is 0 Å². The van der Waals surface area contributed by atoms with Gasteiger partial charge in [0, 0.05) is 0 Å². The highest BCUT2D eigenvalue weighted by atomic mass is 32.2. The summed E-state index contributed by atoms with van der Waals surface area (Å²) in [6.07, 6.45) is 6.38. The van der Waals surface area contributed by atoms with Gasteiger partial charge in [-0.1, -0.05) is 45.0 Å². The minimum Gasteiger partial charge on any atom is -0.492 e. The van der Waals surface area contributed by atoms with E-state index in [-0.39, 0.29) is 35.0 Å². The van der Waals surface area contributed by atoms with Gasteiger partial charge in [0.25, 0.3) is 0 Å². The molecule has 3 atom stereocenters. The van der Waals surface area contributed by atoms with Crippen molar-refractivity contribution in [2.45, 2.75) is 70.1 Å². The molecule has 1 saturated heterocycles. The number of fused-ring (bicyclic) bond motifs is 2. The van der Waals surface area contributed by atoms with Crippen molar-refractivity contribution < 1.29 is 22.7 Å². The number of likely N-dealkylation sites (tertiary alicyclic amines) is 1. The van der Waals surface area contributed by atoms with Gasteiger partial charge in [0.2, 0.25) is 10.0 Å². The van der Waals surface area contributed by atoms with E-state index in [0.717, 1.165) is 59.6 Å². The topological polar surface area (TPSA) is 139 Å². The summed E-state index contributed by atoms with van der Waals surface area (Å²) in [5.74, 6) is 1.88. The number of carbonyl (C=O) groups excluding carboxylic acids is 1. The number of hydrogen-bond donors (Lipinski definition) is 3. The van der Waals surface area contributed by atoms with Crippen LogP contribution in [-0.4, -0.2) is 60.9 Å². The number of nitrogens with one attached hydrogen (secondary N) is 3. The first-order valence-electron chi connectivity index (χ1n) is 15.9. The highest BCUT2D eigenvalue weighted by molar-refractivity contribution is 7.92. The Morgan fingerprint density at radius 2 is 1.74 bits per heavy atom. The number of sulfonamides is 1. The van der Waals surface area contributed by atoms with E-state index < -0.39 is 16.1 Å². The fourth-order valence-corrected chi connectivity index (χ4v) is 7.13. The van der Waals surface area contributed by atoms with Crippen molar-refractivity contribution in [2.75, 3.05) is 37.0 Å². The van der Waals surface area contributed by atoms with Crippen LogP contribution in [0.15, 0.2) is 54.7 Å². The van der Waals surface area contributed by atoms with E-state index in [1.807, 2.05) is 73.8 Å². The van der Waals surface area contributed by atoms with E-state index in [1.165, 1.54) is 7.11 Å². The summed E-state index contributed by atoms with van der Waals surface area (Å²) in [6.45, 7) is 7.08. The van der Waals surface area contributed by atoms with Gasteiger partial charge in [0.05, 0.1) is 43.0 Å². The molecule has 6 rings (SSSR count). The molecular formula is C34H43N7O5S. The second-order valence-corrected chi connectivity index (χ2v) is 15.2. The van der Waals surface area contributed by atoms with Gasteiger partial charge in [-0.05, 0) is 85.6 Å². The summed E-state index contributed by atoms with van der Waals surface area (Å²) in [5, 5.41) is 14.9. The van der Waals surface area contributed by atoms with Crippen LogP contribution in [0.4, 0.5) is 16.2 Å². The Morgan fingerprint density at radius 1 is 1.00 bits per heavy atom. The van der Waals surface area contributed by atoms with E-state index in [2.05, 4.69) is 37.5 Å². The number of urea groups is 1. The number of rotatable bonds is 8. The first kappa shape index (κ1) is 32.6. The summed E-state index contributed by atoms with van der Waals surface area (Å²) in [6, 6.07) is 14.9. The van der Waals surface area contributed by atoms with Gasteiger partial charge in [-0.2, -0.15) is 0 Å². The van der Waals surface area contributed by atoms with Crippen molar-refractivity contribution in [2.24, 2.45) is 0 Å². The van der Waals surface area contributed by atoms with Gasteiger partial charge < -0.3 is 20.1 Å². The molecule has 13 heteroatoms. The standard InChI is InChI=1S/C34H43N7O5S/c1-34(2,3)21-18-26(31(45-5)27(19-21)39-47(6,43)44)36-33(42)35-25-14-15-29(24-11-8-7-10-23(24)25)46-22-13-16-30-37-38-32(41(30)20-22)28-12-9-17-40(28)4/h7-8,10-11,13,16,18-20,25,28-29,39H,9,12,14-15,17H2,1-6H3,(H2,35,36,42)/t25-,28?,29+/m0/s1. The Hall–Kier alpha value is -4.36. The maximum Gasteiger partial charge on any atom is 0.319 e. The van der Waals surface area contributed by atoms with E-state index in [9.17, 15) is 13.2 Å². The summed E-state index contributed by atoms with van der Waals surface area (Å²) < 4.78 is 41.0. The van der Waals surface area contributed by atoms with Gasteiger partial charge in [0.1, 0.15) is 11.9 Å². The van der Waals surface area contributed by atoms with Crippen LogP contribution in [-0.2, 0) is 15.4 Å². The number of nitrogens with zero attached hydrogens (tertiary/aromatic N) is 4. The third kappa shape index (κ3) is 7.01. The van der Waals surface area contributed by atoms with Crippen molar-refractivity contribution in [3.8, 4) is 11.5 Å². The number of pyridine rings is 1. The van der Waals surface area contributed by atoms with Gasteiger partial charge in [-0.15, -0.1) is 10.2 Å². The Bertz CT molecular complexity index is 1900. The predicted molar refractivity (Wildman–Crippen MR) is 182 cm³/mol. The van der Waals surface area contributed by atoms with Crippen LogP contribution < -0.4 is 24.8 Å². The monoisotopic (exact) mass is 661 g/mol. The van der Waals surface area contributed by atoms with Crippen molar-refractivity contribution >= 4 is 33.1 Å². The molecule has 3 N–H and O–H groups in total. The zero-order chi connectivity index (χ0) is 33.5. The van der Waals surface area contributed by atoms with Crippen molar-refractivity contribution in [3.63, 3.8) is 0 Å². The van der Waals surface area contributed by atoms with Crippen LogP contribution in [0.2, 0.25) is 0 Å². The molecule has 1 fully saturated rings. The second-order valence-electron chi connectivity index (χ2n) is 13.5. The van der Waals surface area contributed by atoms with Crippen LogP contribution >= 0.6 is 0 Å². The summed E-state index contributed by atoms with van der Waals surface area (Å²) in [7, 11) is -0.0369. The maximum absolute atomic E-state index is 13.5. The molecule has 12 nitrogen and oxygen atoms in total. The number of carbonyl (C=O) groups is 1. The highest BCUT2D eigenvalue weighted by Crippen LogP contribution is 2.41. The fourth-order valence-electron chi connectivity index (χ4n) is 6.58. The van der Waals surface area contributed by atoms with E-state index in [4.69, 9.17) is 9.47 Å². The first-order valence-corrected chi connectivity index (χ1v) is 17.8. The zero-order valence-corrected chi connectivity index (χ0v) is 28.5. The molecule has 4 aromatic rings. The molecule has 0 bridgehead atoms. The molecule has 1 aliphatic heterocycles. The third-order valence-electron chi connectivity index (χ3n) is 8.94. The number of anilines is 2. The smallest absolute Gasteiger partial charge is 0.319 e. The summed E-state index contributed by atoms with van der Waals surface area (Å²) in [4.78, 5) is 15.8. The lowest BCUT2D eigenvalue weighted by atomic mass is 9.85. The Kier molecular flexibility index (Phi) is 8.79. The quantitative estimate of drug-likeness (QED) is 0.211. The van der Waals surface area contributed by atoms with Crippen LogP contribution in [0.3, 0.4) is 0 Å². The lowest BCUT2D eigenvalue weighted by Gasteiger charge is -2.32. The van der Waals surface area contributed by atoms with E-state index in [1.54, 1.807) is 6.07 Å². The average molecular weight is 662 g/mol. The Labute approximate surface area is 275 Å². The minimum absolute atomic E-state index is 0.202. The molecule has 0 spiro atoms. The van der Waals surface area contributed by atoms with Crippen molar-refractivity contribution in [1.29, 1.82) is 0 Å². The lowest BCUT2D eigenvalue weighted by Crippen LogP contribution is -2.35. The number of ether oxygens (including phenoxy) is 2. The number of aromatic nitrogens is 3. The third-order valence-corrected chi connectivity index (χ3v) is 9.53. The summed E-state index contributed by atoms with van der Waals surface area (Å²) >= 11 is 0. The maximum atomic E-state index is 13.5. The van der Waals surface area contributed by atoms with Crippen LogP contribution in [0.25, 0.3) is 5.65 Å². The number of hydrogen-bond acceptors (Lipinski definition) is 8. The van der Waals surface area contributed by atoms with Crippen LogP contribution in [0.1, 0.15) is 87.2 Å². The fraction of sp³-hybridized carbons (Fsp3) is 0.441. The lowest BCUT2D eigenvalue weighted by molar-refractivity contribution is 0.171. The van der Waals surface area contributed by atoms with Crippen LogP contribution in [0.5, 0.6) is 11.5 Å². The molecule has 3 heterocycles. The Balaban J connectivity index is 1.21. The summed E-state index contributed by atoms with van der Waals surface area (Å²) in [5.41, 5.74) is 3.90. The molecule has 0 saturated carbocycles. The molecule has 0 radical (unpaired) electrons. The Morgan fingerprint density at radius 3 is 2.43 bits per heavy atom. The number of methoxy groups -OCH3 is 1. The normalized spacial score (nSPS) is 20.1. The van der Waals surface area contributed by atoms with Gasteiger partial charge >= 0.3 is 6.03 Å². The zero-order valence-electron chi connectivity index (χ0n) is 27.7. The molecule has 2 aliphatic rings. The van der Waals surface area contributed by atoms with Crippen molar-refractivity contribution in [1.82, 2.24) is 24.8 Å².